The summed E-state index contributed by atoms with van der Waals surface area (Å²) in [4.78, 5) is 28.2. The second kappa shape index (κ2) is 7.34. The molecule has 2 atom stereocenters. The molecule has 2 aliphatic heterocycles. The van der Waals surface area contributed by atoms with E-state index in [0.29, 0.717) is 18.8 Å². The van der Waals surface area contributed by atoms with Gasteiger partial charge in [-0.3, -0.25) is 9.59 Å². The molecule has 26 heavy (non-hydrogen) atoms. The first-order valence-electron chi connectivity index (χ1n) is 8.75. The first kappa shape index (κ1) is 18.8. The van der Waals surface area contributed by atoms with Crippen molar-refractivity contribution in [3.8, 4) is 0 Å². The fraction of sp³-hybridized carbons (Fsp3) is 0.556. The van der Waals surface area contributed by atoms with Crippen LogP contribution in [0.3, 0.4) is 0 Å². The van der Waals surface area contributed by atoms with E-state index >= 15 is 0 Å². The van der Waals surface area contributed by atoms with Crippen LogP contribution in [0.25, 0.3) is 0 Å². The van der Waals surface area contributed by atoms with Crippen molar-refractivity contribution >= 4 is 27.3 Å². The van der Waals surface area contributed by atoms with Crippen molar-refractivity contribution in [2.45, 2.75) is 19.3 Å². The van der Waals surface area contributed by atoms with Gasteiger partial charge in [-0.25, -0.2) is 12.8 Å². The molecule has 0 aromatic heterocycles. The van der Waals surface area contributed by atoms with Crippen molar-refractivity contribution in [1.29, 1.82) is 0 Å². The van der Waals surface area contributed by atoms with Crippen LogP contribution in [-0.4, -0.2) is 56.8 Å². The Kier molecular flexibility index (Phi) is 5.32. The molecule has 2 heterocycles. The molecule has 2 unspecified atom stereocenters. The normalized spacial score (nSPS) is 24.2. The highest BCUT2D eigenvalue weighted by molar-refractivity contribution is 7.90. The number of benzene rings is 1. The van der Waals surface area contributed by atoms with Crippen molar-refractivity contribution in [2.24, 2.45) is 11.8 Å². The standard InChI is InChI=1S/C18H23FN2O4S/c1-26(24,25)12-13-4-3-7-20(10-13)18(23)14-8-17(22)21(11-14)16-6-2-5-15(19)9-16/h2,5-6,9,13-14H,3-4,7-8,10-12H2,1H3. The highest BCUT2D eigenvalue weighted by Crippen LogP contribution is 2.28. The molecule has 0 spiro atoms. The van der Waals surface area contributed by atoms with Gasteiger partial charge in [-0.2, -0.15) is 0 Å². The van der Waals surface area contributed by atoms with Crippen LogP contribution in [0.2, 0.25) is 0 Å². The van der Waals surface area contributed by atoms with Crippen molar-refractivity contribution in [2.75, 3.05) is 36.5 Å². The second-order valence-electron chi connectivity index (χ2n) is 7.27. The number of nitrogens with zero attached hydrogens (tertiary/aromatic N) is 2. The predicted octanol–water partition coefficient (Wildman–Crippen LogP) is 1.46. The fourth-order valence-corrected chi connectivity index (χ4v) is 4.98. The van der Waals surface area contributed by atoms with Crippen molar-refractivity contribution in [3.05, 3.63) is 30.1 Å². The molecule has 0 radical (unpaired) electrons. The van der Waals surface area contributed by atoms with E-state index in [-0.39, 0.29) is 36.5 Å². The summed E-state index contributed by atoms with van der Waals surface area (Å²) in [6.45, 7) is 1.23. The van der Waals surface area contributed by atoms with Gasteiger partial charge >= 0.3 is 0 Å². The minimum absolute atomic E-state index is 0.0564. The molecule has 2 aliphatic rings. The zero-order valence-corrected chi connectivity index (χ0v) is 15.5. The van der Waals surface area contributed by atoms with E-state index in [2.05, 4.69) is 0 Å². The van der Waals surface area contributed by atoms with Gasteiger partial charge in [0.1, 0.15) is 15.7 Å². The van der Waals surface area contributed by atoms with Crippen LogP contribution >= 0.6 is 0 Å². The summed E-state index contributed by atoms with van der Waals surface area (Å²) in [7, 11) is -3.09. The zero-order chi connectivity index (χ0) is 18.9. The second-order valence-corrected chi connectivity index (χ2v) is 9.46. The molecule has 2 amide bonds. The third-order valence-electron chi connectivity index (χ3n) is 4.96. The van der Waals surface area contributed by atoms with E-state index in [1.165, 1.54) is 29.4 Å². The van der Waals surface area contributed by atoms with Crippen LogP contribution in [0, 0.1) is 17.7 Å². The Morgan fingerprint density at radius 3 is 2.77 bits per heavy atom. The summed E-state index contributed by atoms with van der Waals surface area (Å²) in [5, 5.41) is 0. The van der Waals surface area contributed by atoms with Gasteiger partial charge in [0, 0.05) is 38.0 Å². The molecular formula is C18H23FN2O4S. The molecule has 142 valence electrons. The van der Waals surface area contributed by atoms with Crippen LogP contribution in [0.1, 0.15) is 19.3 Å². The number of hydrogen-bond donors (Lipinski definition) is 0. The lowest BCUT2D eigenvalue weighted by Gasteiger charge is -2.34. The summed E-state index contributed by atoms with van der Waals surface area (Å²) < 4.78 is 36.4. The maximum absolute atomic E-state index is 13.4. The van der Waals surface area contributed by atoms with Gasteiger partial charge in [0.15, 0.2) is 0 Å². The number of hydrogen-bond acceptors (Lipinski definition) is 4. The Balaban J connectivity index is 1.66. The van der Waals surface area contributed by atoms with Crippen molar-refractivity contribution in [1.82, 2.24) is 4.90 Å². The number of rotatable bonds is 4. The average Bonchev–Trinajstić information content (AvgIpc) is 2.94. The summed E-state index contributed by atoms with van der Waals surface area (Å²) >= 11 is 0. The highest BCUT2D eigenvalue weighted by Gasteiger charge is 2.38. The number of amides is 2. The van der Waals surface area contributed by atoms with Crippen LogP contribution in [0.15, 0.2) is 24.3 Å². The maximum Gasteiger partial charge on any atom is 0.228 e. The molecule has 2 saturated heterocycles. The summed E-state index contributed by atoms with van der Waals surface area (Å²) in [5.41, 5.74) is 0.457. The smallest absolute Gasteiger partial charge is 0.228 e. The molecule has 0 bridgehead atoms. The number of anilines is 1. The molecule has 1 aromatic rings. The van der Waals surface area contributed by atoms with E-state index in [4.69, 9.17) is 0 Å². The van der Waals surface area contributed by atoms with Gasteiger partial charge in [-0.1, -0.05) is 6.07 Å². The Morgan fingerprint density at radius 1 is 1.31 bits per heavy atom. The van der Waals surface area contributed by atoms with E-state index in [1.54, 1.807) is 11.0 Å². The Labute approximate surface area is 152 Å². The Bertz CT molecular complexity index is 811. The van der Waals surface area contributed by atoms with Gasteiger partial charge < -0.3 is 9.80 Å². The first-order chi connectivity index (χ1) is 12.2. The number of piperidine rings is 1. The maximum atomic E-state index is 13.4. The van der Waals surface area contributed by atoms with E-state index in [1.807, 2.05) is 0 Å². The lowest BCUT2D eigenvalue weighted by Crippen LogP contribution is -2.45. The van der Waals surface area contributed by atoms with Crippen LogP contribution < -0.4 is 4.90 Å². The lowest BCUT2D eigenvalue weighted by atomic mass is 9.98. The molecule has 0 saturated carbocycles. The molecule has 2 fully saturated rings. The fourth-order valence-electron chi connectivity index (χ4n) is 3.85. The molecule has 8 heteroatoms. The molecule has 0 N–H and O–H groups in total. The molecule has 1 aromatic carbocycles. The van der Waals surface area contributed by atoms with Gasteiger partial charge in [0.05, 0.1) is 11.7 Å². The summed E-state index contributed by atoms with van der Waals surface area (Å²) in [5.74, 6) is -1.18. The van der Waals surface area contributed by atoms with Crippen LogP contribution in [0.5, 0.6) is 0 Å². The third kappa shape index (κ3) is 4.41. The topological polar surface area (TPSA) is 74.8 Å². The van der Waals surface area contributed by atoms with Crippen molar-refractivity contribution < 1.29 is 22.4 Å². The van der Waals surface area contributed by atoms with Crippen LogP contribution in [0.4, 0.5) is 10.1 Å². The van der Waals surface area contributed by atoms with E-state index in [0.717, 1.165) is 12.8 Å². The van der Waals surface area contributed by atoms with Gasteiger partial charge in [0.25, 0.3) is 0 Å². The van der Waals surface area contributed by atoms with Gasteiger partial charge in [-0.15, -0.1) is 0 Å². The monoisotopic (exact) mass is 382 g/mol. The SMILES string of the molecule is CS(=O)(=O)CC1CCCN(C(=O)C2CC(=O)N(c3cccc(F)c3)C2)C1. The summed E-state index contributed by atoms with van der Waals surface area (Å²) in [6, 6.07) is 5.78. The number of carbonyl (C=O) groups excluding carboxylic acids is 2. The van der Waals surface area contributed by atoms with E-state index < -0.39 is 21.6 Å². The first-order valence-corrected chi connectivity index (χ1v) is 10.8. The Morgan fingerprint density at radius 2 is 2.08 bits per heavy atom. The van der Waals surface area contributed by atoms with Gasteiger partial charge in [-0.05, 0) is 37.0 Å². The summed E-state index contributed by atoms with van der Waals surface area (Å²) in [6.07, 6.45) is 2.86. The predicted molar refractivity (Wildman–Crippen MR) is 95.9 cm³/mol. The zero-order valence-electron chi connectivity index (χ0n) is 14.7. The number of carbonyl (C=O) groups is 2. The highest BCUT2D eigenvalue weighted by atomic mass is 32.2. The van der Waals surface area contributed by atoms with E-state index in [9.17, 15) is 22.4 Å². The molecule has 6 nitrogen and oxygen atoms in total. The van der Waals surface area contributed by atoms with Crippen LogP contribution in [-0.2, 0) is 19.4 Å². The molecule has 0 aliphatic carbocycles. The third-order valence-corrected chi connectivity index (χ3v) is 6.04. The number of halogens is 1. The quantitative estimate of drug-likeness (QED) is 0.790. The Hall–Kier alpha value is -1.96. The van der Waals surface area contributed by atoms with Crippen molar-refractivity contribution in [3.63, 3.8) is 0 Å². The largest absolute Gasteiger partial charge is 0.342 e. The van der Waals surface area contributed by atoms with Gasteiger partial charge in [0.2, 0.25) is 11.8 Å². The number of sulfone groups is 1. The minimum Gasteiger partial charge on any atom is -0.342 e. The number of likely N-dealkylation sites (tertiary alicyclic amines) is 1. The average molecular weight is 382 g/mol. The lowest BCUT2D eigenvalue weighted by molar-refractivity contribution is -0.137. The molecule has 3 rings (SSSR count). The minimum atomic E-state index is -3.09. The molecular weight excluding hydrogens is 359 g/mol.